The van der Waals surface area contributed by atoms with Crippen molar-refractivity contribution in [2.45, 2.75) is 31.8 Å². The summed E-state index contributed by atoms with van der Waals surface area (Å²) in [6, 6.07) is 0. The Balaban J connectivity index is 2.02. The van der Waals surface area contributed by atoms with E-state index in [9.17, 15) is 9.59 Å². The number of aromatic nitrogens is 2. The summed E-state index contributed by atoms with van der Waals surface area (Å²) in [4.78, 5) is 33.3. The van der Waals surface area contributed by atoms with Crippen LogP contribution in [0.3, 0.4) is 0 Å². The number of carbonyl (C=O) groups excluding carboxylic acids is 1. The zero-order chi connectivity index (χ0) is 17.0. The predicted molar refractivity (Wildman–Crippen MR) is 95.4 cm³/mol. The molecule has 2 aromatic heterocycles. The van der Waals surface area contributed by atoms with Crippen molar-refractivity contribution >= 4 is 39.2 Å². The number of hydrogen-bond acceptors (Lipinski definition) is 6. The molecule has 0 aliphatic carbocycles. The van der Waals surface area contributed by atoms with Gasteiger partial charge in [0.1, 0.15) is 10.7 Å². The first-order valence-corrected chi connectivity index (χ1v) is 9.17. The molecule has 2 N–H and O–H groups in total. The lowest BCUT2D eigenvalue weighted by molar-refractivity contribution is -0.120. The highest BCUT2D eigenvalue weighted by Crippen LogP contribution is 2.26. The molecule has 0 saturated carbocycles. The van der Waals surface area contributed by atoms with Gasteiger partial charge in [-0.3, -0.25) is 9.59 Å². The minimum Gasteiger partial charge on any atom is -0.383 e. The molecule has 2 heterocycles. The van der Waals surface area contributed by atoms with Crippen LogP contribution in [-0.2, 0) is 15.3 Å². The minimum atomic E-state index is -0.223. The van der Waals surface area contributed by atoms with Gasteiger partial charge in [-0.15, -0.1) is 23.1 Å². The number of nitrogens with zero attached hydrogens (tertiary/aromatic N) is 1. The van der Waals surface area contributed by atoms with Gasteiger partial charge in [-0.2, -0.15) is 0 Å². The number of carbonyl (C=O) groups is 1. The summed E-state index contributed by atoms with van der Waals surface area (Å²) in [6.45, 7) is 6.75. The van der Waals surface area contributed by atoms with Crippen LogP contribution in [0.1, 0.15) is 23.2 Å². The van der Waals surface area contributed by atoms with Crippen molar-refractivity contribution in [2.75, 3.05) is 20.3 Å². The number of nitrogens with one attached hydrogen (secondary N) is 2. The van der Waals surface area contributed by atoms with Crippen LogP contribution in [0, 0.1) is 13.8 Å². The second kappa shape index (κ2) is 7.94. The Morgan fingerprint density at radius 2 is 2.22 bits per heavy atom. The van der Waals surface area contributed by atoms with Crippen LogP contribution >= 0.6 is 23.1 Å². The number of methoxy groups -OCH3 is 1. The standard InChI is InChI=1S/C15H21N3O3S2/c1-8-9(2)23-15-12(8)14(20)17-11(18-15)7-22-10(3)13(19)16-5-6-21-4/h10H,5-7H2,1-4H3,(H,16,19)(H,17,18,20)/t10-/m1/s1. The molecule has 1 amide bonds. The van der Waals surface area contributed by atoms with Crippen LogP contribution in [-0.4, -0.2) is 41.4 Å². The third kappa shape index (κ3) is 4.33. The molecule has 0 bridgehead atoms. The lowest BCUT2D eigenvalue weighted by Gasteiger charge is -2.11. The van der Waals surface area contributed by atoms with E-state index < -0.39 is 0 Å². The first kappa shape index (κ1) is 18.0. The molecule has 0 aliphatic rings. The molecular formula is C15H21N3O3S2. The van der Waals surface area contributed by atoms with Crippen molar-refractivity contribution in [3.05, 3.63) is 26.6 Å². The maximum atomic E-state index is 12.2. The van der Waals surface area contributed by atoms with Crippen molar-refractivity contribution < 1.29 is 9.53 Å². The van der Waals surface area contributed by atoms with E-state index in [1.54, 1.807) is 7.11 Å². The van der Waals surface area contributed by atoms with Crippen molar-refractivity contribution in [3.8, 4) is 0 Å². The lowest BCUT2D eigenvalue weighted by atomic mass is 10.2. The fraction of sp³-hybridized carbons (Fsp3) is 0.533. The third-order valence-corrected chi connectivity index (χ3v) is 5.79. The van der Waals surface area contributed by atoms with Crippen molar-refractivity contribution in [2.24, 2.45) is 0 Å². The van der Waals surface area contributed by atoms with Gasteiger partial charge >= 0.3 is 0 Å². The van der Waals surface area contributed by atoms with E-state index in [1.807, 2.05) is 20.8 Å². The fourth-order valence-electron chi connectivity index (χ4n) is 2.07. The van der Waals surface area contributed by atoms with Gasteiger partial charge in [-0.05, 0) is 26.3 Å². The summed E-state index contributed by atoms with van der Waals surface area (Å²) in [5.41, 5.74) is 0.883. The topological polar surface area (TPSA) is 84.1 Å². The minimum absolute atomic E-state index is 0.0433. The van der Waals surface area contributed by atoms with Crippen LogP contribution in [0.25, 0.3) is 10.2 Å². The predicted octanol–water partition coefficient (Wildman–Crippen LogP) is 1.99. The Kier molecular flexibility index (Phi) is 6.20. The molecule has 0 fully saturated rings. The second-order valence-electron chi connectivity index (χ2n) is 5.21. The van der Waals surface area contributed by atoms with Gasteiger partial charge in [0.15, 0.2) is 0 Å². The average molecular weight is 355 g/mol. The molecule has 126 valence electrons. The number of thiophene rings is 1. The number of rotatable bonds is 7. The number of H-pyrrole nitrogens is 1. The van der Waals surface area contributed by atoms with Gasteiger partial charge in [0.05, 0.1) is 23.0 Å². The molecule has 8 heteroatoms. The lowest BCUT2D eigenvalue weighted by Crippen LogP contribution is -2.33. The molecule has 0 saturated heterocycles. The fourth-order valence-corrected chi connectivity index (χ4v) is 3.90. The maximum absolute atomic E-state index is 12.2. The monoisotopic (exact) mass is 355 g/mol. The second-order valence-corrected chi connectivity index (χ2v) is 7.75. The van der Waals surface area contributed by atoms with E-state index in [4.69, 9.17) is 4.74 Å². The molecule has 2 aromatic rings. The number of ether oxygens (including phenoxy) is 1. The molecule has 0 aromatic carbocycles. The molecule has 0 spiro atoms. The Morgan fingerprint density at radius 1 is 1.48 bits per heavy atom. The maximum Gasteiger partial charge on any atom is 0.259 e. The largest absolute Gasteiger partial charge is 0.383 e. The van der Waals surface area contributed by atoms with Gasteiger partial charge in [0.25, 0.3) is 5.56 Å². The summed E-state index contributed by atoms with van der Waals surface area (Å²) in [5.74, 6) is 1.05. The Labute approximate surface area is 143 Å². The Morgan fingerprint density at radius 3 is 2.91 bits per heavy atom. The van der Waals surface area contributed by atoms with Gasteiger partial charge in [-0.25, -0.2) is 4.98 Å². The molecule has 2 rings (SSSR count). The molecule has 1 atom stereocenters. The zero-order valence-corrected chi connectivity index (χ0v) is 15.3. The highest BCUT2D eigenvalue weighted by molar-refractivity contribution is 7.99. The van der Waals surface area contributed by atoms with Crippen molar-refractivity contribution in [1.82, 2.24) is 15.3 Å². The normalized spacial score (nSPS) is 12.5. The number of fused-ring (bicyclic) bond motifs is 1. The quantitative estimate of drug-likeness (QED) is 0.742. The number of hydrogen-bond donors (Lipinski definition) is 2. The molecule has 6 nitrogen and oxygen atoms in total. The van der Waals surface area contributed by atoms with Crippen LogP contribution < -0.4 is 10.9 Å². The number of aromatic amines is 1. The summed E-state index contributed by atoms with van der Waals surface area (Å²) in [6.07, 6.45) is 0. The van der Waals surface area contributed by atoms with E-state index in [1.165, 1.54) is 23.1 Å². The zero-order valence-electron chi connectivity index (χ0n) is 13.7. The van der Waals surface area contributed by atoms with E-state index in [0.717, 1.165) is 15.3 Å². The first-order chi connectivity index (χ1) is 10.9. The highest BCUT2D eigenvalue weighted by Gasteiger charge is 2.15. The van der Waals surface area contributed by atoms with Gasteiger partial charge in [0.2, 0.25) is 5.91 Å². The van der Waals surface area contributed by atoms with Crippen LogP contribution in [0.4, 0.5) is 0 Å². The van der Waals surface area contributed by atoms with E-state index in [-0.39, 0.29) is 16.7 Å². The summed E-state index contributed by atoms with van der Waals surface area (Å²) < 4.78 is 4.90. The van der Waals surface area contributed by atoms with Crippen LogP contribution in [0.2, 0.25) is 0 Å². The SMILES string of the molecule is COCCNC(=O)[C@@H](C)SCc1nc2sc(C)c(C)c2c(=O)[nH]1. The van der Waals surface area contributed by atoms with Crippen LogP contribution in [0.5, 0.6) is 0 Å². The average Bonchev–Trinajstić information content (AvgIpc) is 2.80. The number of aryl methyl sites for hydroxylation is 2. The first-order valence-electron chi connectivity index (χ1n) is 7.31. The van der Waals surface area contributed by atoms with Gasteiger partial charge in [-0.1, -0.05) is 0 Å². The smallest absolute Gasteiger partial charge is 0.259 e. The summed E-state index contributed by atoms with van der Waals surface area (Å²) >= 11 is 2.97. The van der Waals surface area contributed by atoms with E-state index in [0.29, 0.717) is 30.1 Å². The van der Waals surface area contributed by atoms with Crippen molar-refractivity contribution in [3.63, 3.8) is 0 Å². The third-order valence-electron chi connectivity index (χ3n) is 3.53. The van der Waals surface area contributed by atoms with Crippen LogP contribution in [0.15, 0.2) is 4.79 Å². The van der Waals surface area contributed by atoms with E-state index in [2.05, 4.69) is 15.3 Å². The van der Waals surface area contributed by atoms with Gasteiger partial charge < -0.3 is 15.0 Å². The molecule has 0 unspecified atom stereocenters. The summed E-state index contributed by atoms with van der Waals surface area (Å²) in [5, 5.41) is 3.25. The van der Waals surface area contributed by atoms with E-state index >= 15 is 0 Å². The highest BCUT2D eigenvalue weighted by atomic mass is 32.2. The number of amides is 1. The molecule has 0 aliphatic heterocycles. The molecule has 23 heavy (non-hydrogen) atoms. The van der Waals surface area contributed by atoms with Crippen molar-refractivity contribution in [1.29, 1.82) is 0 Å². The number of thioether (sulfide) groups is 1. The summed E-state index contributed by atoms with van der Waals surface area (Å²) in [7, 11) is 1.59. The van der Waals surface area contributed by atoms with Gasteiger partial charge in [0, 0.05) is 18.5 Å². The Bertz CT molecular complexity index is 754. The molecular weight excluding hydrogens is 334 g/mol. The molecule has 0 radical (unpaired) electrons. The Hall–Kier alpha value is -1.38.